The van der Waals surface area contributed by atoms with E-state index in [0.29, 0.717) is 0 Å². The Kier molecular flexibility index (Phi) is 3.04. The summed E-state index contributed by atoms with van der Waals surface area (Å²) >= 11 is 1.06. The Balaban J connectivity index is 2.35. The van der Waals surface area contributed by atoms with Crippen LogP contribution in [0, 0.1) is 0 Å². The van der Waals surface area contributed by atoms with E-state index in [1.54, 1.807) is 0 Å². The summed E-state index contributed by atoms with van der Waals surface area (Å²) in [4.78, 5) is 0. The van der Waals surface area contributed by atoms with Crippen molar-refractivity contribution in [2.45, 2.75) is 12.3 Å². The van der Waals surface area contributed by atoms with Gasteiger partial charge in [-0.2, -0.15) is 13.2 Å². The number of hydrogen-bond donors (Lipinski definition) is 2. The molecule has 8 heteroatoms. The molecular formula is C5H6F3N3OS. The Hall–Kier alpha value is -0.890. The lowest BCUT2D eigenvalue weighted by Crippen LogP contribution is -2.34. The summed E-state index contributed by atoms with van der Waals surface area (Å²) < 4.78 is 35.3. The highest BCUT2D eigenvalue weighted by Crippen LogP contribution is 2.20. The molecule has 1 atom stereocenters. The van der Waals surface area contributed by atoms with E-state index < -0.39 is 18.8 Å². The highest BCUT2D eigenvalue weighted by atomic mass is 32.1. The molecule has 0 aliphatic heterocycles. The molecule has 0 radical (unpaired) electrons. The SMILES string of the molecule is OC(CNc1nncs1)C(F)(F)F. The molecule has 0 amide bonds. The molecule has 1 aromatic rings. The average molecular weight is 213 g/mol. The van der Waals surface area contributed by atoms with Gasteiger partial charge in [-0.1, -0.05) is 11.3 Å². The molecule has 0 aliphatic carbocycles. The third-order valence-corrected chi connectivity index (χ3v) is 1.83. The normalized spacial score (nSPS) is 14.2. The molecule has 0 saturated carbocycles. The predicted octanol–water partition coefficient (Wildman–Crippen LogP) is 0.873. The number of alkyl halides is 3. The van der Waals surface area contributed by atoms with E-state index in [0.717, 1.165) is 11.3 Å². The summed E-state index contributed by atoms with van der Waals surface area (Å²) in [6, 6.07) is 0. The molecule has 0 bridgehead atoms. The van der Waals surface area contributed by atoms with Crippen molar-refractivity contribution < 1.29 is 18.3 Å². The Morgan fingerprint density at radius 3 is 2.77 bits per heavy atom. The predicted molar refractivity (Wildman–Crippen MR) is 40.5 cm³/mol. The van der Waals surface area contributed by atoms with Crippen LogP contribution in [0.5, 0.6) is 0 Å². The average Bonchev–Trinajstić information content (AvgIpc) is 2.50. The zero-order chi connectivity index (χ0) is 9.90. The molecule has 2 N–H and O–H groups in total. The van der Waals surface area contributed by atoms with Crippen LogP contribution in [-0.2, 0) is 0 Å². The van der Waals surface area contributed by atoms with Crippen LogP contribution in [0.25, 0.3) is 0 Å². The van der Waals surface area contributed by atoms with E-state index in [4.69, 9.17) is 5.11 Å². The lowest BCUT2D eigenvalue weighted by Gasteiger charge is -2.13. The summed E-state index contributed by atoms with van der Waals surface area (Å²) in [5, 5.41) is 18.0. The van der Waals surface area contributed by atoms with Crippen molar-refractivity contribution in [3.05, 3.63) is 5.51 Å². The van der Waals surface area contributed by atoms with Crippen molar-refractivity contribution in [2.75, 3.05) is 11.9 Å². The summed E-state index contributed by atoms with van der Waals surface area (Å²) in [6.45, 7) is -0.612. The Bertz CT molecular complexity index is 250. The second kappa shape index (κ2) is 3.88. The minimum Gasteiger partial charge on any atom is -0.382 e. The van der Waals surface area contributed by atoms with Gasteiger partial charge < -0.3 is 10.4 Å². The molecule has 0 aliphatic rings. The fourth-order valence-corrected chi connectivity index (χ4v) is 1.00. The van der Waals surface area contributed by atoms with Crippen molar-refractivity contribution in [3.63, 3.8) is 0 Å². The lowest BCUT2D eigenvalue weighted by atomic mass is 10.3. The molecule has 1 aromatic heterocycles. The van der Waals surface area contributed by atoms with Gasteiger partial charge in [-0.25, -0.2) is 0 Å². The first-order valence-electron chi connectivity index (χ1n) is 3.25. The van der Waals surface area contributed by atoms with Crippen LogP contribution in [-0.4, -0.2) is 34.1 Å². The minimum atomic E-state index is -4.60. The number of rotatable bonds is 3. The van der Waals surface area contributed by atoms with E-state index >= 15 is 0 Å². The summed E-state index contributed by atoms with van der Waals surface area (Å²) in [5.74, 6) is 0. The van der Waals surface area contributed by atoms with E-state index in [-0.39, 0.29) is 5.13 Å². The molecule has 0 saturated heterocycles. The monoisotopic (exact) mass is 213 g/mol. The lowest BCUT2D eigenvalue weighted by molar-refractivity contribution is -0.198. The van der Waals surface area contributed by atoms with Gasteiger partial charge in [0.1, 0.15) is 5.51 Å². The van der Waals surface area contributed by atoms with Gasteiger partial charge in [0.25, 0.3) is 0 Å². The maximum Gasteiger partial charge on any atom is 0.416 e. The Labute approximate surface area is 75.4 Å². The van der Waals surface area contributed by atoms with Gasteiger partial charge in [0.05, 0.1) is 6.54 Å². The minimum absolute atomic E-state index is 0.253. The van der Waals surface area contributed by atoms with Crippen molar-refractivity contribution in [1.29, 1.82) is 0 Å². The van der Waals surface area contributed by atoms with Crippen LogP contribution in [0.4, 0.5) is 18.3 Å². The quantitative estimate of drug-likeness (QED) is 0.782. The fraction of sp³-hybridized carbons (Fsp3) is 0.600. The van der Waals surface area contributed by atoms with E-state index in [9.17, 15) is 13.2 Å². The summed E-state index contributed by atoms with van der Waals surface area (Å²) in [7, 11) is 0. The van der Waals surface area contributed by atoms with Crippen LogP contribution in [0.15, 0.2) is 5.51 Å². The summed E-state index contributed by atoms with van der Waals surface area (Å²) in [5.41, 5.74) is 1.38. The van der Waals surface area contributed by atoms with E-state index in [2.05, 4.69) is 15.5 Å². The zero-order valence-corrected chi connectivity index (χ0v) is 7.06. The number of nitrogens with zero attached hydrogens (tertiary/aromatic N) is 2. The molecule has 4 nitrogen and oxygen atoms in total. The van der Waals surface area contributed by atoms with Gasteiger partial charge in [-0.3, -0.25) is 0 Å². The number of aliphatic hydroxyl groups excluding tert-OH is 1. The Morgan fingerprint density at radius 1 is 1.62 bits per heavy atom. The smallest absolute Gasteiger partial charge is 0.382 e. The van der Waals surface area contributed by atoms with Crippen molar-refractivity contribution in [1.82, 2.24) is 10.2 Å². The van der Waals surface area contributed by atoms with Gasteiger partial charge in [-0.15, -0.1) is 10.2 Å². The van der Waals surface area contributed by atoms with Crippen molar-refractivity contribution in [2.24, 2.45) is 0 Å². The molecule has 0 spiro atoms. The number of anilines is 1. The summed E-state index contributed by atoms with van der Waals surface area (Å²) in [6.07, 6.45) is -6.98. The largest absolute Gasteiger partial charge is 0.416 e. The van der Waals surface area contributed by atoms with Crippen LogP contribution >= 0.6 is 11.3 Å². The number of aromatic nitrogens is 2. The van der Waals surface area contributed by atoms with Gasteiger partial charge >= 0.3 is 6.18 Å². The molecule has 1 unspecified atom stereocenters. The molecule has 1 heterocycles. The second-order valence-electron chi connectivity index (χ2n) is 2.18. The maximum atomic E-state index is 11.8. The third-order valence-electron chi connectivity index (χ3n) is 1.18. The second-order valence-corrected chi connectivity index (χ2v) is 3.02. The van der Waals surface area contributed by atoms with Gasteiger partial charge in [0, 0.05) is 0 Å². The number of hydrogen-bond acceptors (Lipinski definition) is 5. The first kappa shape index (κ1) is 10.2. The third kappa shape index (κ3) is 3.15. The van der Waals surface area contributed by atoms with Crippen LogP contribution < -0.4 is 5.32 Å². The maximum absolute atomic E-state index is 11.8. The van der Waals surface area contributed by atoms with Gasteiger partial charge in [0.15, 0.2) is 6.10 Å². The first-order chi connectivity index (χ1) is 6.00. The van der Waals surface area contributed by atoms with Crippen LogP contribution in [0.1, 0.15) is 0 Å². The van der Waals surface area contributed by atoms with E-state index in [1.807, 2.05) is 0 Å². The highest BCUT2D eigenvalue weighted by molar-refractivity contribution is 7.13. The molecular weight excluding hydrogens is 207 g/mol. The van der Waals surface area contributed by atoms with Crippen molar-refractivity contribution >= 4 is 16.5 Å². The zero-order valence-electron chi connectivity index (χ0n) is 6.25. The van der Waals surface area contributed by atoms with Crippen LogP contribution in [0.3, 0.4) is 0 Å². The molecule has 13 heavy (non-hydrogen) atoms. The number of nitrogens with one attached hydrogen (secondary N) is 1. The fourth-order valence-electron chi connectivity index (χ4n) is 0.550. The number of aliphatic hydroxyl groups is 1. The number of halogens is 3. The topological polar surface area (TPSA) is 58.0 Å². The van der Waals surface area contributed by atoms with Crippen molar-refractivity contribution in [3.8, 4) is 0 Å². The Morgan fingerprint density at radius 2 is 2.31 bits per heavy atom. The highest BCUT2D eigenvalue weighted by Gasteiger charge is 2.37. The van der Waals surface area contributed by atoms with E-state index in [1.165, 1.54) is 5.51 Å². The van der Waals surface area contributed by atoms with Gasteiger partial charge in [0.2, 0.25) is 5.13 Å². The molecule has 74 valence electrons. The molecule has 0 fully saturated rings. The molecule has 1 rings (SSSR count). The standard InChI is InChI=1S/C5H6F3N3OS/c6-5(7,8)3(12)1-9-4-11-10-2-13-4/h2-3,12H,1H2,(H,9,11). The van der Waals surface area contributed by atoms with Crippen LogP contribution in [0.2, 0.25) is 0 Å². The molecule has 0 aromatic carbocycles. The first-order valence-corrected chi connectivity index (χ1v) is 4.13. The van der Waals surface area contributed by atoms with Gasteiger partial charge in [-0.05, 0) is 0 Å².